The van der Waals surface area contributed by atoms with Crippen molar-refractivity contribution >= 4 is 22.9 Å². The molecule has 1 aromatic heterocycles. The Morgan fingerprint density at radius 1 is 1.35 bits per heavy atom. The molecule has 1 aromatic carbocycles. The molecule has 3 rings (SSSR count). The number of hydrogen-bond acceptors (Lipinski definition) is 3. The lowest BCUT2D eigenvalue weighted by Crippen LogP contribution is -2.28. The predicted molar refractivity (Wildman–Crippen MR) is 82.1 cm³/mol. The van der Waals surface area contributed by atoms with Crippen LogP contribution in [0.2, 0.25) is 0 Å². The van der Waals surface area contributed by atoms with E-state index >= 15 is 0 Å². The SMILES string of the molecule is NCC#Cc1ccsc1C(=O)N1CCc2ccccc21. The Morgan fingerprint density at radius 2 is 2.20 bits per heavy atom. The van der Waals surface area contributed by atoms with Crippen LogP contribution < -0.4 is 10.6 Å². The number of fused-ring (bicyclic) bond motifs is 1. The minimum Gasteiger partial charge on any atom is -0.320 e. The second-order valence-corrected chi connectivity index (χ2v) is 5.42. The van der Waals surface area contributed by atoms with Crippen LogP contribution in [-0.4, -0.2) is 19.0 Å². The predicted octanol–water partition coefficient (Wildman–Crippen LogP) is 2.26. The second-order valence-electron chi connectivity index (χ2n) is 4.50. The maximum absolute atomic E-state index is 12.7. The molecule has 20 heavy (non-hydrogen) atoms. The van der Waals surface area contributed by atoms with Gasteiger partial charge in [-0.05, 0) is 29.5 Å². The third-order valence-corrected chi connectivity index (χ3v) is 4.22. The van der Waals surface area contributed by atoms with Gasteiger partial charge in [-0.25, -0.2) is 0 Å². The average molecular weight is 282 g/mol. The molecule has 2 heterocycles. The summed E-state index contributed by atoms with van der Waals surface area (Å²) in [7, 11) is 0. The molecule has 2 aromatic rings. The molecule has 1 aliphatic heterocycles. The first kappa shape index (κ1) is 12.9. The molecule has 0 unspecified atom stereocenters. The highest BCUT2D eigenvalue weighted by atomic mass is 32.1. The standard InChI is InChI=1S/C16H14N2OS/c17-9-3-5-13-8-11-20-15(13)16(19)18-10-7-12-4-1-2-6-14(12)18/h1-2,4,6,8,11H,7,9-10,17H2. The number of nitrogens with zero attached hydrogens (tertiary/aromatic N) is 1. The van der Waals surface area contributed by atoms with E-state index in [2.05, 4.69) is 17.9 Å². The number of amides is 1. The molecule has 0 radical (unpaired) electrons. The van der Waals surface area contributed by atoms with Crippen LogP contribution in [0.4, 0.5) is 5.69 Å². The Morgan fingerprint density at radius 3 is 3.05 bits per heavy atom. The Kier molecular flexibility index (Phi) is 3.55. The van der Waals surface area contributed by atoms with Crippen molar-refractivity contribution in [1.82, 2.24) is 0 Å². The molecular weight excluding hydrogens is 268 g/mol. The third-order valence-electron chi connectivity index (χ3n) is 3.32. The van der Waals surface area contributed by atoms with Gasteiger partial charge in [0, 0.05) is 17.8 Å². The molecule has 0 bridgehead atoms. The fourth-order valence-corrected chi connectivity index (χ4v) is 3.19. The number of benzene rings is 1. The summed E-state index contributed by atoms with van der Waals surface area (Å²) in [5.74, 6) is 5.81. The summed E-state index contributed by atoms with van der Waals surface area (Å²) < 4.78 is 0. The fraction of sp³-hybridized carbons (Fsp3) is 0.188. The summed E-state index contributed by atoms with van der Waals surface area (Å²) in [4.78, 5) is 15.2. The van der Waals surface area contributed by atoms with E-state index in [4.69, 9.17) is 5.73 Å². The van der Waals surface area contributed by atoms with E-state index < -0.39 is 0 Å². The lowest BCUT2D eigenvalue weighted by molar-refractivity contribution is 0.0993. The van der Waals surface area contributed by atoms with E-state index in [9.17, 15) is 4.79 Å². The highest BCUT2D eigenvalue weighted by Crippen LogP contribution is 2.30. The molecule has 1 amide bonds. The van der Waals surface area contributed by atoms with Crippen LogP contribution in [0.5, 0.6) is 0 Å². The molecular formula is C16H14N2OS. The number of carbonyl (C=O) groups is 1. The van der Waals surface area contributed by atoms with E-state index in [1.165, 1.54) is 16.9 Å². The van der Waals surface area contributed by atoms with E-state index in [1.54, 1.807) is 0 Å². The zero-order chi connectivity index (χ0) is 13.9. The summed E-state index contributed by atoms with van der Waals surface area (Å²) in [6.45, 7) is 1.04. The molecule has 3 nitrogen and oxygen atoms in total. The number of rotatable bonds is 1. The highest BCUT2D eigenvalue weighted by Gasteiger charge is 2.27. The first-order valence-electron chi connectivity index (χ1n) is 6.47. The van der Waals surface area contributed by atoms with Gasteiger partial charge in [0.1, 0.15) is 4.88 Å². The second kappa shape index (κ2) is 5.49. The fourth-order valence-electron chi connectivity index (χ4n) is 2.39. The number of thiophene rings is 1. The summed E-state index contributed by atoms with van der Waals surface area (Å²) >= 11 is 1.44. The largest absolute Gasteiger partial charge is 0.320 e. The van der Waals surface area contributed by atoms with Crippen LogP contribution >= 0.6 is 11.3 Å². The molecule has 2 N–H and O–H groups in total. The Balaban J connectivity index is 1.93. The van der Waals surface area contributed by atoms with Gasteiger partial charge in [-0.1, -0.05) is 30.0 Å². The summed E-state index contributed by atoms with van der Waals surface area (Å²) in [5, 5.41) is 1.90. The van der Waals surface area contributed by atoms with Gasteiger partial charge in [0.05, 0.1) is 6.54 Å². The molecule has 0 aliphatic carbocycles. The van der Waals surface area contributed by atoms with Crippen LogP contribution in [0.25, 0.3) is 0 Å². The van der Waals surface area contributed by atoms with Crippen molar-refractivity contribution in [3.63, 3.8) is 0 Å². The van der Waals surface area contributed by atoms with Crippen molar-refractivity contribution in [2.75, 3.05) is 18.0 Å². The quantitative estimate of drug-likeness (QED) is 0.816. The van der Waals surface area contributed by atoms with Crippen molar-refractivity contribution in [3.8, 4) is 11.8 Å². The Labute approximate surface area is 122 Å². The number of nitrogens with two attached hydrogens (primary N) is 1. The molecule has 0 saturated carbocycles. The number of hydrogen-bond donors (Lipinski definition) is 1. The number of anilines is 1. The molecule has 0 atom stereocenters. The van der Waals surface area contributed by atoms with Gasteiger partial charge in [-0.2, -0.15) is 0 Å². The van der Waals surface area contributed by atoms with Gasteiger partial charge in [-0.3, -0.25) is 4.79 Å². The molecule has 0 spiro atoms. The first-order chi connectivity index (χ1) is 9.81. The third kappa shape index (κ3) is 2.22. The van der Waals surface area contributed by atoms with Crippen LogP contribution in [0.3, 0.4) is 0 Å². The van der Waals surface area contributed by atoms with Gasteiger partial charge >= 0.3 is 0 Å². The van der Waals surface area contributed by atoms with Gasteiger partial charge in [-0.15, -0.1) is 11.3 Å². The highest BCUT2D eigenvalue weighted by molar-refractivity contribution is 7.12. The maximum atomic E-state index is 12.7. The van der Waals surface area contributed by atoms with Gasteiger partial charge in [0.15, 0.2) is 0 Å². The normalized spacial score (nSPS) is 12.8. The molecule has 100 valence electrons. The van der Waals surface area contributed by atoms with Crippen molar-refractivity contribution in [2.45, 2.75) is 6.42 Å². The topological polar surface area (TPSA) is 46.3 Å². The minimum absolute atomic E-state index is 0.0336. The van der Waals surface area contributed by atoms with E-state index in [0.717, 1.165) is 24.2 Å². The summed E-state index contributed by atoms with van der Waals surface area (Å²) in [6, 6.07) is 9.93. The van der Waals surface area contributed by atoms with Crippen molar-refractivity contribution in [3.05, 3.63) is 51.7 Å². The van der Waals surface area contributed by atoms with Gasteiger partial charge in [0.25, 0.3) is 5.91 Å². The number of carbonyl (C=O) groups excluding carboxylic acids is 1. The summed E-state index contributed by atoms with van der Waals surface area (Å²) in [6.07, 6.45) is 0.914. The van der Waals surface area contributed by atoms with E-state index in [1.807, 2.05) is 34.5 Å². The Hall–Kier alpha value is -2.09. The van der Waals surface area contributed by atoms with Crippen LogP contribution in [0, 0.1) is 11.8 Å². The first-order valence-corrected chi connectivity index (χ1v) is 7.35. The zero-order valence-electron chi connectivity index (χ0n) is 10.9. The zero-order valence-corrected chi connectivity index (χ0v) is 11.7. The van der Waals surface area contributed by atoms with Gasteiger partial charge < -0.3 is 10.6 Å². The molecule has 4 heteroatoms. The van der Waals surface area contributed by atoms with Crippen LogP contribution in [0.15, 0.2) is 35.7 Å². The molecule has 0 fully saturated rings. The maximum Gasteiger partial charge on any atom is 0.269 e. The minimum atomic E-state index is 0.0336. The molecule has 1 aliphatic rings. The average Bonchev–Trinajstić information content (AvgIpc) is 3.11. The van der Waals surface area contributed by atoms with Gasteiger partial charge in [0.2, 0.25) is 0 Å². The molecule has 0 saturated heterocycles. The van der Waals surface area contributed by atoms with E-state index in [0.29, 0.717) is 11.4 Å². The van der Waals surface area contributed by atoms with Crippen molar-refractivity contribution in [2.24, 2.45) is 5.73 Å². The smallest absolute Gasteiger partial charge is 0.269 e. The van der Waals surface area contributed by atoms with Crippen LogP contribution in [0.1, 0.15) is 20.8 Å². The lowest BCUT2D eigenvalue weighted by atomic mass is 10.2. The van der Waals surface area contributed by atoms with Crippen molar-refractivity contribution in [1.29, 1.82) is 0 Å². The Bertz CT molecular complexity index is 709. The van der Waals surface area contributed by atoms with E-state index in [-0.39, 0.29) is 5.91 Å². The lowest BCUT2D eigenvalue weighted by Gasteiger charge is -2.16. The number of para-hydroxylation sites is 1. The van der Waals surface area contributed by atoms with Crippen molar-refractivity contribution < 1.29 is 4.79 Å². The summed E-state index contributed by atoms with van der Waals surface area (Å²) in [5.41, 5.74) is 8.41. The monoisotopic (exact) mass is 282 g/mol. The van der Waals surface area contributed by atoms with Crippen LogP contribution in [-0.2, 0) is 6.42 Å².